The average molecular weight is 263 g/mol. The minimum Gasteiger partial charge on any atom is -0.477 e. The van der Waals surface area contributed by atoms with Crippen LogP contribution in [0.25, 0.3) is 0 Å². The fourth-order valence-corrected chi connectivity index (χ4v) is 1.48. The highest BCUT2D eigenvalue weighted by Gasteiger charge is 2.20. The van der Waals surface area contributed by atoms with Crippen molar-refractivity contribution in [2.45, 2.75) is 6.92 Å². The number of nitro benzene ring substituents is 1. The Balaban J connectivity index is 2.35. The summed E-state index contributed by atoms with van der Waals surface area (Å²) in [5.41, 5.74) is -0.150. The third-order valence-electron chi connectivity index (χ3n) is 2.30. The van der Waals surface area contributed by atoms with Gasteiger partial charge in [0, 0.05) is 23.9 Å². The van der Waals surface area contributed by atoms with E-state index in [0.717, 1.165) is 17.8 Å². The van der Waals surface area contributed by atoms with E-state index in [0.29, 0.717) is 0 Å². The lowest BCUT2D eigenvalue weighted by atomic mass is 10.1. The van der Waals surface area contributed by atoms with Crippen molar-refractivity contribution in [2.24, 2.45) is 0 Å². The van der Waals surface area contributed by atoms with Crippen molar-refractivity contribution in [1.82, 2.24) is 10.2 Å². The summed E-state index contributed by atoms with van der Waals surface area (Å²) in [6.07, 6.45) is 0. The summed E-state index contributed by atoms with van der Waals surface area (Å²) in [6, 6.07) is 5.10. The van der Waals surface area contributed by atoms with Crippen molar-refractivity contribution >= 4 is 11.7 Å². The Bertz CT molecular complexity index is 650. The number of nitro groups is 1. The smallest absolute Gasteiger partial charge is 0.342 e. The van der Waals surface area contributed by atoms with E-state index >= 15 is 0 Å². The number of hydrogen-bond donors (Lipinski definition) is 2. The number of aromatic nitrogens is 2. The van der Waals surface area contributed by atoms with Crippen LogP contribution in [0.3, 0.4) is 0 Å². The minimum absolute atomic E-state index is 0.162. The van der Waals surface area contributed by atoms with Crippen LogP contribution in [0.4, 0.5) is 5.69 Å². The molecule has 0 aliphatic heterocycles. The zero-order valence-corrected chi connectivity index (χ0v) is 9.78. The Morgan fingerprint density at radius 1 is 1.47 bits per heavy atom. The van der Waals surface area contributed by atoms with E-state index in [-0.39, 0.29) is 11.6 Å². The summed E-state index contributed by atoms with van der Waals surface area (Å²) < 4.78 is 5.30. The van der Waals surface area contributed by atoms with Crippen molar-refractivity contribution in [3.8, 4) is 11.6 Å². The van der Waals surface area contributed by atoms with Gasteiger partial charge in [0.25, 0.3) is 5.69 Å². The number of carboxylic acid groups (broad SMARTS) is 1. The Hall–Kier alpha value is -2.90. The van der Waals surface area contributed by atoms with Gasteiger partial charge in [-0.15, -0.1) is 5.10 Å². The SMILES string of the molecule is Cc1cc(Oc2ccc([N+](=O)[O-])c(C(=O)O)c2)n[nH]1. The fraction of sp³-hybridized carbons (Fsp3) is 0.0909. The molecule has 1 aromatic carbocycles. The second-order valence-electron chi connectivity index (χ2n) is 3.73. The van der Waals surface area contributed by atoms with Gasteiger partial charge < -0.3 is 9.84 Å². The van der Waals surface area contributed by atoms with Crippen LogP contribution in [-0.2, 0) is 0 Å². The van der Waals surface area contributed by atoms with Gasteiger partial charge in [0.15, 0.2) is 0 Å². The van der Waals surface area contributed by atoms with E-state index < -0.39 is 22.1 Å². The van der Waals surface area contributed by atoms with Crippen LogP contribution >= 0.6 is 0 Å². The zero-order valence-electron chi connectivity index (χ0n) is 9.78. The lowest BCUT2D eigenvalue weighted by molar-refractivity contribution is -0.385. The second kappa shape index (κ2) is 4.77. The quantitative estimate of drug-likeness (QED) is 0.644. The normalized spacial score (nSPS) is 10.2. The average Bonchev–Trinajstić information content (AvgIpc) is 2.74. The maximum atomic E-state index is 11.0. The molecule has 0 spiro atoms. The molecule has 2 aromatic rings. The maximum Gasteiger partial charge on any atom is 0.342 e. The number of H-pyrrole nitrogens is 1. The molecule has 1 aromatic heterocycles. The Kier molecular flexibility index (Phi) is 3.15. The molecule has 0 saturated carbocycles. The molecule has 0 saturated heterocycles. The number of nitrogens with zero attached hydrogens (tertiary/aromatic N) is 2. The van der Waals surface area contributed by atoms with E-state index in [2.05, 4.69) is 10.2 Å². The van der Waals surface area contributed by atoms with Crippen LogP contribution in [0.15, 0.2) is 24.3 Å². The number of ether oxygens (including phenoxy) is 1. The van der Waals surface area contributed by atoms with Crippen LogP contribution in [-0.4, -0.2) is 26.2 Å². The number of rotatable bonds is 4. The number of aromatic carboxylic acids is 1. The first-order valence-corrected chi connectivity index (χ1v) is 5.19. The summed E-state index contributed by atoms with van der Waals surface area (Å²) >= 11 is 0. The Morgan fingerprint density at radius 3 is 2.74 bits per heavy atom. The number of aromatic amines is 1. The van der Waals surface area contributed by atoms with Gasteiger partial charge in [-0.2, -0.15) is 0 Å². The van der Waals surface area contributed by atoms with Gasteiger partial charge in [-0.05, 0) is 13.0 Å². The van der Waals surface area contributed by atoms with Gasteiger partial charge in [0.05, 0.1) is 4.92 Å². The standard InChI is InChI=1S/C11H9N3O5/c1-6-4-10(13-12-6)19-7-2-3-9(14(17)18)8(5-7)11(15)16/h2-5H,1H3,(H,12,13)(H,15,16). The molecule has 2 N–H and O–H groups in total. The molecule has 8 nitrogen and oxygen atoms in total. The molecule has 0 atom stereocenters. The van der Waals surface area contributed by atoms with Crippen LogP contribution in [0, 0.1) is 17.0 Å². The summed E-state index contributed by atoms with van der Waals surface area (Å²) in [5, 5.41) is 26.1. The first-order chi connectivity index (χ1) is 8.97. The number of benzene rings is 1. The Labute approximate surface area is 106 Å². The van der Waals surface area contributed by atoms with Crippen molar-refractivity contribution in [3.05, 3.63) is 45.6 Å². The zero-order chi connectivity index (χ0) is 14.0. The maximum absolute atomic E-state index is 11.0. The number of carbonyl (C=O) groups is 1. The second-order valence-corrected chi connectivity index (χ2v) is 3.73. The summed E-state index contributed by atoms with van der Waals surface area (Å²) in [5.74, 6) is -0.979. The number of hydrogen-bond acceptors (Lipinski definition) is 5. The van der Waals surface area contributed by atoms with Gasteiger partial charge in [-0.3, -0.25) is 15.2 Å². The van der Waals surface area contributed by atoms with Crippen molar-refractivity contribution in [3.63, 3.8) is 0 Å². The molecule has 8 heteroatoms. The van der Waals surface area contributed by atoms with Crippen LogP contribution in [0.5, 0.6) is 11.6 Å². The molecular formula is C11H9N3O5. The van der Waals surface area contributed by atoms with Crippen molar-refractivity contribution in [2.75, 3.05) is 0 Å². The predicted octanol–water partition coefficient (Wildman–Crippen LogP) is 2.12. The first-order valence-electron chi connectivity index (χ1n) is 5.19. The molecule has 0 aliphatic rings. The largest absolute Gasteiger partial charge is 0.477 e. The van der Waals surface area contributed by atoms with E-state index in [1.165, 1.54) is 6.07 Å². The van der Waals surface area contributed by atoms with Gasteiger partial charge >= 0.3 is 5.97 Å². The fourth-order valence-electron chi connectivity index (χ4n) is 1.48. The van der Waals surface area contributed by atoms with E-state index in [4.69, 9.17) is 9.84 Å². The molecule has 0 unspecified atom stereocenters. The highest BCUT2D eigenvalue weighted by molar-refractivity contribution is 5.92. The lowest BCUT2D eigenvalue weighted by Crippen LogP contribution is -2.02. The third-order valence-corrected chi connectivity index (χ3v) is 2.30. The van der Waals surface area contributed by atoms with E-state index in [1.54, 1.807) is 13.0 Å². The highest BCUT2D eigenvalue weighted by Crippen LogP contribution is 2.27. The molecule has 98 valence electrons. The molecule has 19 heavy (non-hydrogen) atoms. The third kappa shape index (κ3) is 2.68. The number of carboxylic acids is 1. The van der Waals surface area contributed by atoms with Crippen LogP contribution < -0.4 is 4.74 Å². The van der Waals surface area contributed by atoms with Crippen LogP contribution in [0.1, 0.15) is 16.1 Å². The lowest BCUT2D eigenvalue weighted by Gasteiger charge is -2.03. The molecule has 2 rings (SSSR count). The Morgan fingerprint density at radius 2 is 2.21 bits per heavy atom. The van der Waals surface area contributed by atoms with E-state index in [1.807, 2.05) is 0 Å². The van der Waals surface area contributed by atoms with Crippen molar-refractivity contribution < 1.29 is 19.6 Å². The topological polar surface area (TPSA) is 118 Å². The molecule has 0 radical (unpaired) electrons. The van der Waals surface area contributed by atoms with E-state index in [9.17, 15) is 14.9 Å². The summed E-state index contributed by atoms with van der Waals surface area (Å²) in [6.45, 7) is 1.78. The highest BCUT2D eigenvalue weighted by atomic mass is 16.6. The van der Waals surface area contributed by atoms with Gasteiger partial charge in [-0.25, -0.2) is 4.79 Å². The molecule has 0 amide bonds. The molecular weight excluding hydrogens is 254 g/mol. The minimum atomic E-state index is -1.39. The summed E-state index contributed by atoms with van der Waals surface area (Å²) in [7, 11) is 0. The predicted molar refractivity (Wildman–Crippen MR) is 63.5 cm³/mol. The van der Waals surface area contributed by atoms with Gasteiger partial charge in [0.2, 0.25) is 5.88 Å². The van der Waals surface area contributed by atoms with Gasteiger partial charge in [-0.1, -0.05) is 0 Å². The number of aryl methyl sites for hydroxylation is 1. The van der Waals surface area contributed by atoms with Crippen molar-refractivity contribution in [1.29, 1.82) is 0 Å². The molecule has 0 bridgehead atoms. The molecule has 0 aliphatic carbocycles. The number of nitrogens with one attached hydrogen (secondary N) is 1. The summed E-state index contributed by atoms with van der Waals surface area (Å²) in [4.78, 5) is 20.9. The molecule has 0 fully saturated rings. The monoisotopic (exact) mass is 263 g/mol. The molecule has 1 heterocycles. The first kappa shape index (κ1) is 12.6. The van der Waals surface area contributed by atoms with Crippen LogP contribution in [0.2, 0.25) is 0 Å². The van der Waals surface area contributed by atoms with Gasteiger partial charge in [0.1, 0.15) is 11.3 Å².